The molecule has 1 saturated heterocycles. The van der Waals surface area contributed by atoms with Gasteiger partial charge in [0.25, 0.3) is 5.91 Å². The Labute approximate surface area is 136 Å². The van der Waals surface area contributed by atoms with Crippen LogP contribution in [0, 0.1) is 5.41 Å². The lowest BCUT2D eigenvalue weighted by molar-refractivity contribution is 0.0770. The molecule has 0 radical (unpaired) electrons. The van der Waals surface area contributed by atoms with Crippen LogP contribution in [0.25, 0.3) is 5.69 Å². The molecule has 5 nitrogen and oxygen atoms in total. The number of halogens is 1. The van der Waals surface area contributed by atoms with Crippen molar-refractivity contribution < 1.29 is 4.79 Å². The average Bonchev–Trinajstić information content (AvgIpc) is 3.15. The molecule has 3 rings (SSSR count). The second-order valence-corrected chi connectivity index (χ2v) is 5.97. The van der Waals surface area contributed by atoms with E-state index in [2.05, 4.69) is 12.0 Å². The first kappa shape index (κ1) is 16.5. The summed E-state index contributed by atoms with van der Waals surface area (Å²) in [5.41, 5.74) is 7.27. The lowest BCUT2D eigenvalue weighted by Gasteiger charge is -2.22. The smallest absolute Gasteiger partial charge is 0.274 e. The minimum Gasteiger partial charge on any atom is -0.337 e. The molecule has 0 bridgehead atoms. The zero-order valence-electron chi connectivity index (χ0n) is 12.6. The lowest BCUT2D eigenvalue weighted by atomic mass is 9.90. The van der Waals surface area contributed by atoms with Crippen molar-refractivity contribution >= 4 is 18.3 Å². The molecule has 1 amide bonds. The zero-order chi connectivity index (χ0) is 14.9. The van der Waals surface area contributed by atoms with Gasteiger partial charge in [0.05, 0.1) is 5.69 Å². The molecule has 1 aromatic heterocycles. The summed E-state index contributed by atoms with van der Waals surface area (Å²) in [4.78, 5) is 14.4. The third kappa shape index (κ3) is 3.15. The number of hydrogen-bond acceptors (Lipinski definition) is 3. The third-order valence-electron chi connectivity index (χ3n) is 4.17. The van der Waals surface area contributed by atoms with Gasteiger partial charge in [-0.3, -0.25) is 4.79 Å². The van der Waals surface area contributed by atoms with Crippen molar-refractivity contribution in [1.29, 1.82) is 0 Å². The Bertz CT molecular complexity index is 643. The van der Waals surface area contributed by atoms with E-state index in [1.54, 1.807) is 10.7 Å². The summed E-state index contributed by atoms with van der Waals surface area (Å²) in [6.07, 6.45) is 2.77. The van der Waals surface area contributed by atoms with E-state index < -0.39 is 0 Å². The van der Waals surface area contributed by atoms with Gasteiger partial charge < -0.3 is 10.6 Å². The summed E-state index contributed by atoms with van der Waals surface area (Å²) in [6, 6.07) is 11.5. The highest BCUT2D eigenvalue weighted by atomic mass is 35.5. The first-order valence-corrected chi connectivity index (χ1v) is 7.22. The van der Waals surface area contributed by atoms with E-state index in [9.17, 15) is 4.79 Å². The normalized spacial score (nSPS) is 20.7. The monoisotopic (exact) mass is 320 g/mol. The maximum absolute atomic E-state index is 12.5. The van der Waals surface area contributed by atoms with Crippen LogP contribution in [0.15, 0.2) is 42.6 Å². The number of nitrogens with two attached hydrogens (primary N) is 1. The molecular formula is C16H21ClN4O. The van der Waals surface area contributed by atoms with Crippen molar-refractivity contribution in [2.24, 2.45) is 11.1 Å². The van der Waals surface area contributed by atoms with Gasteiger partial charge in [-0.1, -0.05) is 25.1 Å². The van der Waals surface area contributed by atoms with Gasteiger partial charge >= 0.3 is 0 Å². The topological polar surface area (TPSA) is 64.2 Å². The standard InChI is InChI=1S/C16H20N4O.ClH/c1-16(11-17)8-10-19(12-16)15(21)14-7-9-20(18-14)13-5-3-2-4-6-13;/h2-7,9H,8,10-12,17H2,1H3;1H. The Balaban J connectivity index is 0.00000176. The van der Waals surface area contributed by atoms with Crippen LogP contribution in [-0.4, -0.2) is 40.2 Å². The molecule has 1 aliphatic rings. The molecule has 6 heteroatoms. The van der Waals surface area contributed by atoms with Gasteiger partial charge in [0, 0.05) is 19.3 Å². The number of nitrogens with zero attached hydrogens (tertiary/aromatic N) is 3. The first-order valence-electron chi connectivity index (χ1n) is 7.22. The number of para-hydroxylation sites is 1. The summed E-state index contributed by atoms with van der Waals surface area (Å²) >= 11 is 0. The zero-order valence-corrected chi connectivity index (χ0v) is 13.4. The van der Waals surface area contributed by atoms with E-state index in [0.717, 1.165) is 18.7 Å². The molecule has 1 aliphatic heterocycles. The number of carbonyl (C=O) groups is 1. The Kier molecular flexibility index (Phi) is 4.88. The molecule has 1 unspecified atom stereocenters. The molecule has 1 atom stereocenters. The average molecular weight is 321 g/mol. The van der Waals surface area contributed by atoms with E-state index in [-0.39, 0.29) is 23.7 Å². The summed E-state index contributed by atoms with van der Waals surface area (Å²) in [6.45, 7) is 4.20. The number of rotatable bonds is 3. The van der Waals surface area contributed by atoms with Crippen LogP contribution in [0.1, 0.15) is 23.8 Å². The molecule has 2 N–H and O–H groups in total. The molecule has 0 spiro atoms. The van der Waals surface area contributed by atoms with Crippen LogP contribution in [0.5, 0.6) is 0 Å². The summed E-state index contributed by atoms with van der Waals surface area (Å²) in [5, 5.41) is 4.39. The second kappa shape index (κ2) is 6.50. The van der Waals surface area contributed by atoms with Crippen molar-refractivity contribution in [2.45, 2.75) is 13.3 Å². The van der Waals surface area contributed by atoms with E-state index in [1.165, 1.54) is 0 Å². The van der Waals surface area contributed by atoms with Crippen molar-refractivity contribution in [3.8, 4) is 5.69 Å². The predicted octanol–water partition coefficient (Wildman–Crippen LogP) is 2.11. The molecule has 0 saturated carbocycles. The summed E-state index contributed by atoms with van der Waals surface area (Å²) < 4.78 is 1.73. The number of likely N-dealkylation sites (tertiary alicyclic amines) is 1. The second-order valence-electron chi connectivity index (χ2n) is 5.97. The largest absolute Gasteiger partial charge is 0.337 e. The Morgan fingerprint density at radius 1 is 1.32 bits per heavy atom. The highest BCUT2D eigenvalue weighted by molar-refractivity contribution is 5.92. The van der Waals surface area contributed by atoms with Crippen LogP contribution < -0.4 is 5.73 Å². The van der Waals surface area contributed by atoms with Crippen molar-refractivity contribution in [3.05, 3.63) is 48.3 Å². The van der Waals surface area contributed by atoms with Crippen LogP contribution in [0.2, 0.25) is 0 Å². The van der Waals surface area contributed by atoms with Gasteiger partial charge in [0.15, 0.2) is 5.69 Å². The quantitative estimate of drug-likeness (QED) is 0.942. The maximum Gasteiger partial charge on any atom is 0.274 e. The van der Waals surface area contributed by atoms with E-state index in [0.29, 0.717) is 18.8 Å². The fourth-order valence-corrected chi connectivity index (χ4v) is 2.69. The number of carbonyl (C=O) groups excluding carboxylic acids is 1. The summed E-state index contributed by atoms with van der Waals surface area (Å²) in [7, 11) is 0. The molecular weight excluding hydrogens is 300 g/mol. The van der Waals surface area contributed by atoms with Crippen molar-refractivity contribution in [3.63, 3.8) is 0 Å². The van der Waals surface area contributed by atoms with Crippen molar-refractivity contribution in [1.82, 2.24) is 14.7 Å². The van der Waals surface area contributed by atoms with Crippen LogP contribution in [-0.2, 0) is 0 Å². The number of hydrogen-bond donors (Lipinski definition) is 1. The van der Waals surface area contributed by atoms with Gasteiger partial charge in [-0.25, -0.2) is 4.68 Å². The molecule has 22 heavy (non-hydrogen) atoms. The van der Waals surface area contributed by atoms with Crippen LogP contribution in [0.4, 0.5) is 0 Å². The fraction of sp³-hybridized carbons (Fsp3) is 0.375. The van der Waals surface area contributed by atoms with Gasteiger partial charge in [-0.05, 0) is 36.6 Å². The van der Waals surface area contributed by atoms with Crippen LogP contribution in [0.3, 0.4) is 0 Å². The first-order chi connectivity index (χ1) is 10.1. The molecule has 2 aromatic rings. The Morgan fingerprint density at radius 3 is 2.68 bits per heavy atom. The number of benzene rings is 1. The number of aromatic nitrogens is 2. The predicted molar refractivity (Wildman–Crippen MR) is 88.5 cm³/mol. The van der Waals surface area contributed by atoms with E-state index >= 15 is 0 Å². The highest BCUT2D eigenvalue weighted by Gasteiger charge is 2.35. The van der Waals surface area contributed by atoms with E-state index in [1.807, 2.05) is 41.4 Å². The molecule has 1 fully saturated rings. The minimum absolute atomic E-state index is 0. The Hall–Kier alpha value is -1.85. The fourth-order valence-electron chi connectivity index (χ4n) is 2.69. The van der Waals surface area contributed by atoms with E-state index in [4.69, 9.17) is 5.73 Å². The maximum atomic E-state index is 12.5. The molecule has 1 aromatic carbocycles. The molecule has 0 aliphatic carbocycles. The lowest BCUT2D eigenvalue weighted by Crippen LogP contribution is -2.34. The van der Waals surface area contributed by atoms with Gasteiger partial charge in [0.1, 0.15) is 0 Å². The van der Waals surface area contributed by atoms with Crippen LogP contribution >= 0.6 is 12.4 Å². The third-order valence-corrected chi connectivity index (χ3v) is 4.17. The SMILES string of the molecule is CC1(CN)CCN(C(=O)c2ccn(-c3ccccc3)n2)C1.Cl. The Morgan fingerprint density at radius 2 is 2.05 bits per heavy atom. The van der Waals surface area contributed by atoms with Gasteiger partial charge in [0.2, 0.25) is 0 Å². The molecule has 2 heterocycles. The van der Waals surface area contributed by atoms with Crippen molar-refractivity contribution in [2.75, 3.05) is 19.6 Å². The van der Waals surface area contributed by atoms with Gasteiger partial charge in [-0.2, -0.15) is 5.10 Å². The highest BCUT2D eigenvalue weighted by Crippen LogP contribution is 2.29. The molecule has 118 valence electrons. The summed E-state index contributed by atoms with van der Waals surface area (Å²) in [5.74, 6) is -0.0122. The van der Waals surface area contributed by atoms with Gasteiger partial charge in [-0.15, -0.1) is 12.4 Å². The number of amides is 1. The minimum atomic E-state index is -0.0122.